The maximum atomic E-state index is 13.3. The summed E-state index contributed by atoms with van der Waals surface area (Å²) in [5, 5.41) is 2.78. The van der Waals surface area contributed by atoms with E-state index in [1.165, 1.54) is 24.5 Å². The molecule has 0 radical (unpaired) electrons. The van der Waals surface area contributed by atoms with Gasteiger partial charge in [-0.05, 0) is 41.5 Å². The van der Waals surface area contributed by atoms with E-state index in [4.69, 9.17) is 0 Å². The van der Waals surface area contributed by atoms with Crippen LogP contribution in [0.25, 0.3) is 22.4 Å². The van der Waals surface area contributed by atoms with Crippen molar-refractivity contribution in [3.8, 4) is 22.4 Å². The second-order valence-electron chi connectivity index (χ2n) is 7.33. The van der Waals surface area contributed by atoms with Crippen molar-refractivity contribution in [2.75, 3.05) is 6.26 Å². The molecule has 7 nitrogen and oxygen atoms in total. The first-order valence-electron chi connectivity index (χ1n) is 9.91. The van der Waals surface area contributed by atoms with Crippen LogP contribution in [-0.4, -0.2) is 35.5 Å². The van der Waals surface area contributed by atoms with Crippen molar-refractivity contribution in [3.63, 3.8) is 0 Å². The minimum Gasteiger partial charge on any atom is -0.347 e. The molecule has 4 rings (SSSR count). The van der Waals surface area contributed by atoms with Crippen molar-refractivity contribution in [2.24, 2.45) is 0 Å². The molecule has 1 aromatic carbocycles. The largest absolute Gasteiger partial charge is 0.347 e. The summed E-state index contributed by atoms with van der Waals surface area (Å²) >= 11 is 0. The lowest BCUT2D eigenvalue weighted by Crippen LogP contribution is -2.23. The molecule has 0 fully saturated rings. The van der Waals surface area contributed by atoms with Crippen LogP contribution in [0.1, 0.15) is 16.1 Å². The topological polar surface area (TPSA) is 102 Å². The molecule has 1 N–H and O–H groups in total. The minimum atomic E-state index is -3.32. The number of rotatable bonds is 6. The van der Waals surface area contributed by atoms with Crippen LogP contribution in [0, 0.1) is 5.95 Å². The molecule has 9 heteroatoms. The van der Waals surface area contributed by atoms with Gasteiger partial charge in [0, 0.05) is 48.6 Å². The molecular formula is C24H19FN4O3S. The molecule has 33 heavy (non-hydrogen) atoms. The number of carbonyl (C=O) groups excluding carboxylic acids is 1. The van der Waals surface area contributed by atoms with E-state index in [0.717, 1.165) is 11.8 Å². The summed E-state index contributed by atoms with van der Waals surface area (Å²) in [6.07, 6.45) is 5.67. The number of nitrogens with one attached hydrogen (secondary N) is 1. The average Bonchev–Trinajstić information content (AvgIpc) is 2.82. The molecule has 0 bridgehead atoms. The van der Waals surface area contributed by atoms with Gasteiger partial charge in [0.15, 0.2) is 9.84 Å². The van der Waals surface area contributed by atoms with E-state index in [-0.39, 0.29) is 23.0 Å². The second-order valence-corrected chi connectivity index (χ2v) is 9.35. The Morgan fingerprint density at radius 2 is 1.76 bits per heavy atom. The van der Waals surface area contributed by atoms with Gasteiger partial charge >= 0.3 is 0 Å². The molecule has 4 aromatic rings. The van der Waals surface area contributed by atoms with Crippen LogP contribution >= 0.6 is 0 Å². The third-order valence-electron chi connectivity index (χ3n) is 4.89. The summed E-state index contributed by atoms with van der Waals surface area (Å²) in [5.41, 5.74) is 3.61. The van der Waals surface area contributed by atoms with Gasteiger partial charge in [0.05, 0.1) is 10.6 Å². The van der Waals surface area contributed by atoms with Crippen molar-refractivity contribution in [1.29, 1.82) is 0 Å². The van der Waals surface area contributed by atoms with Gasteiger partial charge in [-0.25, -0.2) is 13.4 Å². The Labute approximate surface area is 190 Å². The zero-order valence-corrected chi connectivity index (χ0v) is 18.4. The Balaban J connectivity index is 1.40. The fourth-order valence-corrected chi connectivity index (χ4v) is 3.81. The van der Waals surface area contributed by atoms with Gasteiger partial charge < -0.3 is 5.32 Å². The van der Waals surface area contributed by atoms with Crippen LogP contribution in [0.3, 0.4) is 0 Å². The van der Waals surface area contributed by atoms with Crippen LogP contribution < -0.4 is 5.32 Å². The molecule has 0 aliphatic heterocycles. The van der Waals surface area contributed by atoms with Crippen molar-refractivity contribution in [2.45, 2.75) is 11.4 Å². The molecule has 0 saturated heterocycles. The maximum Gasteiger partial charge on any atom is 0.270 e. The average molecular weight is 463 g/mol. The van der Waals surface area contributed by atoms with Crippen LogP contribution in [0.2, 0.25) is 0 Å². The fourth-order valence-electron chi connectivity index (χ4n) is 3.14. The first kappa shape index (κ1) is 22.2. The number of hydrogen-bond donors (Lipinski definition) is 1. The summed E-state index contributed by atoms with van der Waals surface area (Å²) in [6, 6.07) is 16.4. The SMILES string of the molecule is CS(=O)(=O)c1cccc(-c2ccc(C(=O)NCc3ccc(-c4ccnc(F)c4)nc3)nc2)c1. The maximum absolute atomic E-state index is 13.3. The predicted octanol–water partition coefficient (Wildman–Crippen LogP) is 3.68. The number of sulfone groups is 1. The number of hydrogen-bond acceptors (Lipinski definition) is 6. The number of carbonyl (C=O) groups is 1. The Hall–Kier alpha value is -3.98. The molecule has 0 unspecified atom stereocenters. The smallest absolute Gasteiger partial charge is 0.270 e. The van der Waals surface area contributed by atoms with Crippen LogP contribution in [-0.2, 0) is 16.4 Å². The van der Waals surface area contributed by atoms with Gasteiger partial charge in [-0.2, -0.15) is 4.39 Å². The van der Waals surface area contributed by atoms with Crippen LogP contribution in [0.4, 0.5) is 4.39 Å². The summed E-state index contributed by atoms with van der Waals surface area (Å²) < 4.78 is 36.8. The molecule has 3 aromatic heterocycles. The zero-order chi connectivity index (χ0) is 23.4. The molecule has 166 valence electrons. The van der Waals surface area contributed by atoms with E-state index in [0.29, 0.717) is 22.4 Å². The Bertz CT molecular complexity index is 1410. The number of halogens is 1. The van der Waals surface area contributed by atoms with Gasteiger partial charge in [0.2, 0.25) is 5.95 Å². The highest BCUT2D eigenvalue weighted by atomic mass is 32.2. The molecule has 0 spiro atoms. The number of benzene rings is 1. The minimum absolute atomic E-state index is 0.218. The normalized spacial score (nSPS) is 11.2. The summed E-state index contributed by atoms with van der Waals surface area (Å²) in [5.74, 6) is -0.932. The molecule has 1 amide bonds. The highest BCUT2D eigenvalue weighted by Crippen LogP contribution is 2.22. The van der Waals surface area contributed by atoms with Gasteiger partial charge in [0.1, 0.15) is 5.69 Å². The van der Waals surface area contributed by atoms with Crippen molar-refractivity contribution in [1.82, 2.24) is 20.3 Å². The lowest BCUT2D eigenvalue weighted by atomic mass is 10.1. The van der Waals surface area contributed by atoms with E-state index >= 15 is 0 Å². The lowest BCUT2D eigenvalue weighted by Gasteiger charge is -2.07. The molecule has 0 atom stereocenters. The van der Waals surface area contributed by atoms with Crippen molar-refractivity contribution in [3.05, 3.63) is 96.5 Å². The standard InChI is InChI=1S/C24H19FN4O3S/c1-33(31,32)20-4-2-3-17(11-20)19-6-8-22(28-15-19)24(30)29-14-16-5-7-21(27-13-16)18-9-10-26-23(25)12-18/h2-13,15H,14H2,1H3,(H,29,30). The molecule has 3 heterocycles. The van der Waals surface area contributed by atoms with Crippen LogP contribution in [0.15, 0.2) is 84.1 Å². The highest BCUT2D eigenvalue weighted by Gasteiger charge is 2.11. The number of aromatic nitrogens is 3. The van der Waals surface area contributed by atoms with Gasteiger partial charge in [-0.3, -0.25) is 14.8 Å². The third kappa shape index (κ3) is 5.45. The van der Waals surface area contributed by atoms with Gasteiger partial charge in [-0.15, -0.1) is 0 Å². The van der Waals surface area contributed by atoms with Gasteiger partial charge in [-0.1, -0.05) is 24.3 Å². The van der Waals surface area contributed by atoms with Gasteiger partial charge in [0.25, 0.3) is 5.91 Å². The fraction of sp³-hybridized carbons (Fsp3) is 0.0833. The number of amides is 1. The van der Waals surface area contributed by atoms with E-state index < -0.39 is 15.8 Å². The second kappa shape index (κ2) is 9.25. The summed E-state index contributed by atoms with van der Waals surface area (Å²) in [6.45, 7) is 0.247. The third-order valence-corrected chi connectivity index (χ3v) is 6.00. The molecular weight excluding hydrogens is 443 g/mol. The summed E-state index contributed by atoms with van der Waals surface area (Å²) in [7, 11) is -3.32. The number of nitrogens with zero attached hydrogens (tertiary/aromatic N) is 3. The highest BCUT2D eigenvalue weighted by molar-refractivity contribution is 7.90. The van der Waals surface area contributed by atoms with E-state index in [9.17, 15) is 17.6 Å². The first-order valence-corrected chi connectivity index (χ1v) is 11.8. The monoisotopic (exact) mass is 462 g/mol. The van der Waals surface area contributed by atoms with E-state index in [1.54, 1.807) is 54.7 Å². The predicted molar refractivity (Wildman–Crippen MR) is 121 cm³/mol. The van der Waals surface area contributed by atoms with Crippen molar-refractivity contribution < 1.29 is 17.6 Å². The molecule has 0 aliphatic carbocycles. The Morgan fingerprint density at radius 3 is 2.42 bits per heavy atom. The lowest BCUT2D eigenvalue weighted by molar-refractivity contribution is 0.0946. The van der Waals surface area contributed by atoms with E-state index in [1.807, 2.05) is 0 Å². The Kier molecular flexibility index (Phi) is 6.23. The van der Waals surface area contributed by atoms with Crippen LogP contribution in [0.5, 0.6) is 0 Å². The van der Waals surface area contributed by atoms with Crippen molar-refractivity contribution >= 4 is 15.7 Å². The van der Waals surface area contributed by atoms with E-state index in [2.05, 4.69) is 20.3 Å². The molecule has 0 saturated carbocycles. The zero-order valence-electron chi connectivity index (χ0n) is 17.6. The summed E-state index contributed by atoms with van der Waals surface area (Å²) in [4.78, 5) is 24.7. The quantitative estimate of drug-likeness (QED) is 0.439. The first-order chi connectivity index (χ1) is 15.8. The number of pyridine rings is 3. The Morgan fingerprint density at radius 1 is 0.909 bits per heavy atom. The molecule has 0 aliphatic rings.